The zero-order valence-corrected chi connectivity index (χ0v) is 12.6. The minimum Gasteiger partial charge on any atom is -0.459 e. The third kappa shape index (κ3) is 3.11. The van der Waals surface area contributed by atoms with Gasteiger partial charge in [-0.05, 0) is 19.1 Å². The van der Waals surface area contributed by atoms with Gasteiger partial charge >= 0.3 is 0 Å². The fourth-order valence-electron chi connectivity index (χ4n) is 2.36. The number of furan rings is 1. The average Bonchev–Trinajstić information content (AvgIpc) is 2.92. The minimum absolute atomic E-state index is 0.377. The van der Waals surface area contributed by atoms with E-state index >= 15 is 0 Å². The molecule has 0 unspecified atom stereocenters. The Morgan fingerprint density at radius 2 is 1.95 bits per heavy atom. The van der Waals surface area contributed by atoms with Gasteiger partial charge in [-0.15, -0.1) is 0 Å². The molecule has 0 spiro atoms. The Hall–Kier alpha value is -1.41. The van der Waals surface area contributed by atoms with E-state index in [0.29, 0.717) is 32.1 Å². The molecule has 1 atom stereocenters. The van der Waals surface area contributed by atoms with Crippen LogP contribution in [0, 0.1) is 0 Å². The summed E-state index contributed by atoms with van der Waals surface area (Å²) in [6, 6.07) is 9.04. The van der Waals surface area contributed by atoms with Crippen LogP contribution in [0.3, 0.4) is 0 Å². The summed E-state index contributed by atoms with van der Waals surface area (Å²) < 4.78 is 39.5. The summed E-state index contributed by atoms with van der Waals surface area (Å²) >= 11 is 0. The first kappa shape index (κ1) is 14.5. The largest absolute Gasteiger partial charge is 0.459 e. The molecule has 114 valence electrons. The van der Waals surface area contributed by atoms with Crippen LogP contribution in [-0.4, -0.2) is 39.0 Å². The van der Waals surface area contributed by atoms with Crippen molar-refractivity contribution in [2.45, 2.75) is 13.0 Å². The van der Waals surface area contributed by atoms with Gasteiger partial charge in [-0.1, -0.05) is 18.2 Å². The lowest BCUT2D eigenvalue weighted by Gasteiger charge is -2.27. The molecule has 1 fully saturated rings. The lowest BCUT2D eigenvalue weighted by atomic mass is 10.2. The maximum atomic E-state index is 12.3. The molecule has 1 aromatic heterocycles. The number of morpholine rings is 1. The highest BCUT2D eigenvalue weighted by Gasteiger charge is 2.27. The summed E-state index contributed by atoms with van der Waals surface area (Å²) in [5.74, 6) is 0.605. The zero-order chi connectivity index (χ0) is 14.9. The number of fused-ring (bicyclic) bond motifs is 1. The van der Waals surface area contributed by atoms with Crippen LogP contribution in [0.25, 0.3) is 11.0 Å². The third-order valence-corrected chi connectivity index (χ3v) is 5.20. The van der Waals surface area contributed by atoms with Crippen LogP contribution in [0.5, 0.6) is 0 Å². The molecule has 1 aliphatic heterocycles. The lowest BCUT2D eigenvalue weighted by molar-refractivity contribution is 0.0723. The van der Waals surface area contributed by atoms with Gasteiger partial charge in [0.05, 0.1) is 19.3 Å². The molecule has 6 nitrogen and oxygen atoms in total. The number of hydrogen-bond donors (Lipinski definition) is 1. The number of rotatable bonds is 4. The van der Waals surface area contributed by atoms with Gasteiger partial charge in [0.15, 0.2) is 0 Å². The molecule has 0 radical (unpaired) electrons. The standard InChI is InChI=1S/C14H18N2O4S/c1-11(14-10-12-4-2-3-5-13(12)20-14)15-21(17,18)16-6-8-19-9-7-16/h2-5,10-11,15H,6-9H2,1H3/t11-/m1/s1. The summed E-state index contributed by atoms with van der Waals surface area (Å²) in [4.78, 5) is 0. The predicted molar refractivity (Wildman–Crippen MR) is 79.1 cm³/mol. The molecule has 1 saturated heterocycles. The maximum Gasteiger partial charge on any atom is 0.280 e. The smallest absolute Gasteiger partial charge is 0.280 e. The Morgan fingerprint density at radius 3 is 2.67 bits per heavy atom. The first-order valence-corrected chi connectivity index (χ1v) is 8.34. The van der Waals surface area contributed by atoms with Crippen molar-refractivity contribution in [3.05, 3.63) is 36.1 Å². The normalized spacial score (nSPS) is 18.9. The number of para-hydroxylation sites is 1. The average molecular weight is 310 g/mol. The van der Waals surface area contributed by atoms with Crippen LogP contribution in [-0.2, 0) is 14.9 Å². The molecule has 0 bridgehead atoms. The molecule has 2 aromatic rings. The Bertz CT molecular complexity index is 686. The first-order valence-electron chi connectivity index (χ1n) is 6.90. The number of nitrogens with one attached hydrogen (secondary N) is 1. The number of benzene rings is 1. The van der Waals surface area contributed by atoms with Crippen molar-refractivity contribution in [1.29, 1.82) is 0 Å². The van der Waals surface area contributed by atoms with Crippen molar-refractivity contribution in [2.24, 2.45) is 0 Å². The van der Waals surface area contributed by atoms with Crippen molar-refractivity contribution >= 4 is 21.2 Å². The molecule has 21 heavy (non-hydrogen) atoms. The quantitative estimate of drug-likeness (QED) is 0.932. The van der Waals surface area contributed by atoms with Crippen LogP contribution in [0.15, 0.2) is 34.7 Å². The van der Waals surface area contributed by atoms with Crippen molar-refractivity contribution in [3.63, 3.8) is 0 Å². The van der Waals surface area contributed by atoms with E-state index in [9.17, 15) is 8.42 Å². The minimum atomic E-state index is -3.52. The first-order chi connectivity index (χ1) is 10.1. The van der Waals surface area contributed by atoms with Crippen molar-refractivity contribution < 1.29 is 17.6 Å². The Labute approximate surface area is 123 Å². The van der Waals surface area contributed by atoms with Crippen molar-refractivity contribution in [3.8, 4) is 0 Å². The van der Waals surface area contributed by atoms with Gasteiger partial charge in [-0.2, -0.15) is 17.4 Å². The number of ether oxygens (including phenoxy) is 1. The molecular formula is C14H18N2O4S. The highest BCUT2D eigenvalue weighted by molar-refractivity contribution is 7.87. The van der Waals surface area contributed by atoms with Crippen LogP contribution in [0.2, 0.25) is 0 Å². The van der Waals surface area contributed by atoms with Gasteiger partial charge < -0.3 is 9.15 Å². The van der Waals surface area contributed by atoms with Gasteiger partial charge in [0, 0.05) is 18.5 Å². The molecule has 0 amide bonds. The van der Waals surface area contributed by atoms with E-state index in [1.54, 1.807) is 6.92 Å². The van der Waals surface area contributed by atoms with Crippen molar-refractivity contribution in [1.82, 2.24) is 9.03 Å². The van der Waals surface area contributed by atoms with Gasteiger partial charge in [0.2, 0.25) is 0 Å². The second kappa shape index (κ2) is 5.76. The Kier molecular flexibility index (Phi) is 3.99. The lowest BCUT2D eigenvalue weighted by Crippen LogP contribution is -2.47. The summed E-state index contributed by atoms with van der Waals surface area (Å²) in [6.07, 6.45) is 0. The summed E-state index contributed by atoms with van der Waals surface area (Å²) in [7, 11) is -3.52. The molecule has 3 rings (SSSR count). The van der Waals surface area contributed by atoms with E-state index in [-0.39, 0.29) is 0 Å². The van der Waals surface area contributed by atoms with E-state index in [1.807, 2.05) is 30.3 Å². The second-order valence-corrected chi connectivity index (χ2v) is 6.74. The maximum absolute atomic E-state index is 12.3. The van der Waals surface area contributed by atoms with Gasteiger partial charge in [0.25, 0.3) is 10.2 Å². The second-order valence-electron chi connectivity index (χ2n) is 5.04. The summed E-state index contributed by atoms with van der Waals surface area (Å²) in [5, 5.41) is 0.963. The monoisotopic (exact) mass is 310 g/mol. The van der Waals surface area contributed by atoms with Gasteiger partial charge in [0.1, 0.15) is 11.3 Å². The SMILES string of the molecule is C[C@@H](NS(=O)(=O)N1CCOCC1)c1cc2ccccc2o1. The molecule has 0 aliphatic carbocycles. The van der Waals surface area contributed by atoms with E-state index in [1.165, 1.54) is 4.31 Å². The Balaban J connectivity index is 1.77. The highest BCUT2D eigenvalue weighted by atomic mass is 32.2. The topological polar surface area (TPSA) is 71.8 Å². The molecule has 7 heteroatoms. The molecular weight excluding hydrogens is 292 g/mol. The molecule has 2 heterocycles. The fraction of sp³-hybridized carbons (Fsp3) is 0.429. The van der Waals surface area contributed by atoms with E-state index in [0.717, 1.165) is 11.0 Å². The predicted octanol–water partition coefficient (Wildman–Crippen LogP) is 1.66. The van der Waals surface area contributed by atoms with E-state index < -0.39 is 16.3 Å². The van der Waals surface area contributed by atoms with E-state index in [4.69, 9.17) is 9.15 Å². The third-order valence-electron chi connectivity index (χ3n) is 3.51. The molecule has 0 saturated carbocycles. The summed E-state index contributed by atoms with van der Waals surface area (Å²) in [5.41, 5.74) is 0.755. The van der Waals surface area contributed by atoms with Crippen LogP contribution in [0.4, 0.5) is 0 Å². The Morgan fingerprint density at radius 1 is 1.24 bits per heavy atom. The van der Waals surface area contributed by atoms with Gasteiger partial charge in [-0.3, -0.25) is 0 Å². The fourth-order valence-corrected chi connectivity index (χ4v) is 3.70. The van der Waals surface area contributed by atoms with E-state index in [2.05, 4.69) is 4.72 Å². The van der Waals surface area contributed by atoms with Gasteiger partial charge in [-0.25, -0.2) is 0 Å². The molecule has 1 N–H and O–H groups in total. The number of nitrogens with zero attached hydrogens (tertiary/aromatic N) is 1. The van der Waals surface area contributed by atoms with Crippen LogP contribution >= 0.6 is 0 Å². The van der Waals surface area contributed by atoms with Crippen LogP contribution < -0.4 is 4.72 Å². The molecule has 1 aromatic carbocycles. The highest BCUT2D eigenvalue weighted by Crippen LogP contribution is 2.24. The van der Waals surface area contributed by atoms with Crippen molar-refractivity contribution in [2.75, 3.05) is 26.3 Å². The zero-order valence-electron chi connectivity index (χ0n) is 11.8. The molecule has 1 aliphatic rings. The number of hydrogen-bond acceptors (Lipinski definition) is 4. The summed E-state index contributed by atoms with van der Waals surface area (Å²) in [6.45, 7) is 3.39. The van der Waals surface area contributed by atoms with Crippen LogP contribution in [0.1, 0.15) is 18.7 Å².